The van der Waals surface area contributed by atoms with E-state index in [0.717, 1.165) is 0 Å². The van der Waals surface area contributed by atoms with Gasteiger partial charge in [0.25, 0.3) is 5.56 Å². The Labute approximate surface area is 109 Å². The van der Waals surface area contributed by atoms with Gasteiger partial charge in [0.05, 0.1) is 7.11 Å². The fraction of sp³-hybridized carbons (Fsp3) is 0.231. The second kappa shape index (κ2) is 5.62. The molecule has 19 heavy (non-hydrogen) atoms. The van der Waals surface area contributed by atoms with Gasteiger partial charge in [-0.1, -0.05) is 0 Å². The highest BCUT2D eigenvalue weighted by molar-refractivity contribution is 5.56. The lowest BCUT2D eigenvalue weighted by Gasteiger charge is -2.05. The van der Waals surface area contributed by atoms with E-state index in [4.69, 9.17) is 10.5 Å². The number of ether oxygens (including phenoxy) is 1. The van der Waals surface area contributed by atoms with Crippen LogP contribution in [0.25, 0.3) is 11.4 Å². The van der Waals surface area contributed by atoms with Gasteiger partial charge in [0, 0.05) is 17.3 Å². The van der Waals surface area contributed by atoms with Crippen molar-refractivity contribution in [3.8, 4) is 17.1 Å². The van der Waals surface area contributed by atoms with Crippen molar-refractivity contribution >= 4 is 0 Å². The van der Waals surface area contributed by atoms with Gasteiger partial charge < -0.3 is 15.5 Å². The summed E-state index contributed by atoms with van der Waals surface area (Å²) in [6, 6.07) is 4.38. The van der Waals surface area contributed by atoms with Crippen molar-refractivity contribution in [1.82, 2.24) is 9.97 Å². The summed E-state index contributed by atoms with van der Waals surface area (Å²) >= 11 is 0. The molecule has 0 amide bonds. The number of methoxy groups -OCH3 is 1. The lowest BCUT2D eigenvalue weighted by atomic mass is 10.2. The predicted molar refractivity (Wildman–Crippen MR) is 69.6 cm³/mol. The van der Waals surface area contributed by atoms with Crippen molar-refractivity contribution in [3.63, 3.8) is 0 Å². The van der Waals surface area contributed by atoms with Gasteiger partial charge in [-0.05, 0) is 31.2 Å². The standard InChI is InChI=1S/C13H14FN3O2/c1-19-11-3-2-8(6-10(11)14)12-16-7-9(4-5-15)13(18)17-12/h2-3,6-7H,4-5,15H2,1H3,(H,16,17,18). The Morgan fingerprint density at radius 2 is 2.26 bits per heavy atom. The average Bonchev–Trinajstić information content (AvgIpc) is 2.41. The van der Waals surface area contributed by atoms with Crippen LogP contribution in [-0.2, 0) is 6.42 Å². The molecule has 0 radical (unpaired) electrons. The van der Waals surface area contributed by atoms with E-state index in [1.165, 1.54) is 25.4 Å². The first-order valence-corrected chi connectivity index (χ1v) is 5.78. The van der Waals surface area contributed by atoms with E-state index < -0.39 is 5.82 Å². The van der Waals surface area contributed by atoms with Crippen LogP contribution in [0, 0.1) is 5.82 Å². The number of aromatic amines is 1. The molecular formula is C13H14FN3O2. The van der Waals surface area contributed by atoms with Crippen LogP contribution in [0.3, 0.4) is 0 Å². The number of nitrogens with one attached hydrogen (secondary N) is 1. The second-order valence-electron chi connectivity index (χ2n) is 3.97. The molecule has 0 unspecified atom stereocenters. The SMILES string of the molecule is COc1ccc(-c2ncc(CCN)c(=O)[nH]2)cc1F. The Morgan fingerprint density at radius 1 is 1.47 bits per heavy atom. The van der Waals surface area contributed by atoms with Crippen LogP contribution >= 0.6 is 0 Å². The van der Waals surface area contributed by atoms with Crippen molar-refractivity contribution in [1.29, 1.82) is 0 Å². The van der Waals surface area contributed by atoms with Crippen molar-refractivity contribution < 1.29 is 9.13 Å². The summed E-state index contributed by atoms with van der Waals surface area (Å²) < 4.78 is 18.4. The first-order valence-electron chi connectivity index (χ1n) is 5.78. The molecule has 2 rings (SSSR count). The van der Waals surface area contributed by atoms with Gasteiger partial charge in [0.15, 0.2) is 11.6 Å². The molecule has 0 aliphatic rings. The molecule has 0 aliphatic heterocycles. The van der Waals surface area contributed by atoms with E-state index in [0.29, 0.717) is 29.9 Å². The number of hydrogen-bond donors (Lipinski definition) is 2. The summed E-state index contributed by atoms with van der Waals surface area (Å²) in [6.07, 6.45) is 1.92. The summed E-state index contributed by atoms with van der Waals surface area (Å²) in [7, 11) is 1.39. The molecule has 1 heterocycles. The van der Waals surface area contributed by atoms with Crippen LogP contribution in [0.2, 0.25) is 0 Å². The highest BCUT2D eigenvalue weighted by Crippen LogP contribution is 2.22. The molecular weight excluding hydrogens is 249 g/mol. The average molecular weight is 263 g/mol. The third-order valence-electron chi connectivity index (χ3n) is 2.71. The molecule has 2 aromatic rings. The third-order valence-corrected chi connectivity index (χ3v) is 2.71. The minimum absolute atomic E-state index is 0.144. The van der Waals surface area contributed by atoms with Gasteiger partial charge in [0.2, 0.25) is 0 Å². The van der Waals surface area contributed by atoms with Crippen LogP contribution < -0.4 is 16.0 Å². The van der Waals surface area contributed by atoms with Crippen LogP contribution in [0.5, 0.6) is 5.75 Å². The Kier molecular flexibility index (Phi) is 3.91. The summed E-state index contributed by atoms with van der Waals surface area (Å²) in [5.74, 6) is -0.0492. The van der Waals surface area contributed by atoms with E-state index in [1.807, 2.05) is 0 Å². The first-order chi connectivity index (χ1) is 9.15. The topological polar surface area (TPSA) is 81.0 Å². The fourth-order valence-electron chi connectivity index (χ4n) is 1.72. The molecule has 1 aromatic heterocycles. The van der Waals surface area contributed by atoms with Gasteiger partial charge >= 0.3 is 0 Å². The number of nitrogens with zero attached hydrogens (tertiary/aromatic N) is 1. The Hall–Kier alpha value is -2.21. The maximum Gasteiger partial charge on any atom is 0.254 e. The van der Waals surface area contributed by atoms with Crippen LogP contribution in [0.4, 0.5) is 4.39 Å². The number of halogens is 1. The molecule has 3 N–H and O–H groups in total. The summed E-state index contributed by atoms with van der Waals surface area (Å²) in [6.45, 7) is 0.376. The van der Waals surface area contributed by atoms with E-state index in [2.05, 4.69) is 9.97 Å². The van der Waals surface area contributed by atoms with Gasteiger partial charge in [-0.25, -0.2) is 9.37 Å². The molecule has 0 saturated heterocycles. The number of aromatic nitrogens is 2. The maximum absolute atomic E-state index is 13.6. The zero-order valence-electron chi connectivity index (χ0n) is 10.4. The predicted octanol–water partition coefficient (Wildman–Crippen LogP) is 1.09. The van der Waals surface area contributed by atoms with Crippen LogP contribution in [0.1, 0.15) is 5.56 Å². The van der Waals surface area contributed by atoms with Crippen LogP contribution in [0.15, 0.2) is 29.2 Å². The molecule has 0 saturated carbocycles. The zero-order chi connectivity index (χ0) is 13.8. The fourth-order valence-corrected chi connectivity index (χ4v) is 1.72. The first kappa shape index (κ1) is 13.2. The number of benzene rings is 1. The second-order valence-corrected chi connectivity index (χ2v) is 3.97. The van der Waals surface area contributed by atoms with Gasteiger partial charge in [-0.15, -0.1) is 0 Å². The smallest absolute Gasteiger partial charge is 0.254 e. The largest absolute Gasteiger partial charge is 0.494 e. The monoisotopic (exact) mass is 263 g/mol. The minimum Gasteiger partial charge on any atom is -0.494 e. The van der Waals surface area contributed by atoms with Crippen molar-refractivity contribution in [3.05, 3.63) is 46.1 Å². The lowest BCUT2D eigenvalue weighted by molar-refractivity contribution is 0.386. The Balaban J connectivity index is 2.39. The van der Waals surface area contributed by atoms with E-state index in [-0.39, 0.29) is 11.3 Å². The van der Waals surface area contributed by atoms with E-state index in [1.54, 1.807) is 6.07 Å². The van der Waals surface area contributed by atoms with Crippen molar-refractivity contribution in [2.24, 2.45) is 5.73 Å². The Morgan fingerprint density at radius 3 is 2.84 bits per heavy atom. The number of hydrogen-bond acceptors (Lipinski definition) is 4. The molecule has 5 nitrogen and oxygen atoms in total. The molecule has 0 spiro atoms. The van der Waals surface area contributed by atoms with Crippen molar-refractivity contribution in [2.75, 3.05) is 13.7 Å². The quantitative estimate of drug-likeness (QED) is 0.865. The minimum atomic E-state index is -0.506. The van der Waals surface area contributed by atoms with Gasteiger partial charge in [-0.2, -0.15) is 0 Å². The number of rotatable bonds is 4. The zero-order valence-corrected chi connectivity index (χ0v) is 10.4. The number of H-pyrrole nitrogens is 1. The van der Waals surface area contributed by atoms with E-state index in [9.17, 15) is 9.18 Å². The molecule has 0 atom stereocenters. The van der Waals surface area contributed by atoms with Crippen molar-refractivity contribution in [2.45, 2.75) is 6.42 Å². The van der Waals surface area contributed by atoms with E-state index >= 15 is 0 Å². The lowest BCUT2D eigenvalue weighted by Crippen LogP contribution is -2.17. The molecule has 1 aromatic carbocycles. The molecule has 0 fully saturated rings. The van der Waals surface area contributed by atoms with Crippen LogP contribution in [-0.4, -0.2) is 23.6 Å². The normalized spacial score (nSPS) is 10.5. The summed E-state index contributed by atoms with van der Waals surface area (Å²) in [5.41, 5.74) is 6.12. The van der Waals surface area contributed by atoms with Gasteiger partial charge in [0.1, 0.15) is 5.82 Å². The molecule has 0 bridgehead atoms. The molecule has 100 valence electrons. The Bertz CT molecular complexity index is 640. The third kappa shape index (κ3) is 2.79. The molecule has 6 heteroatoms. The summed E-state index contributed by atoms with van der Waals surface area (Å²) in [5, 5.41) is 0. The van der Waals surface area contributed by atoms with Gasteiger partial charge in [-0.3, -0.25) is 4.79 Å². The maximum atomic E-state index is 13.6. The number of nitrogens with two attached hydrogens (primary N) is 1. The highest BCUT2D eigenvalue weighted by atomic mass is 19.1. The summed E-state index contributed by atoms with van der Waals surface area (Å²) in [4.78, 5) is 18.5. The molecule has 0 aliphatic carbocycles. The highest BCUT2D eigenvalue weighted by Gasteiger charge is 2.08.